The van der Waals surface area contributed by atoms with Crippen molar-refractivity contribution in [3.05, 3.63) is 51.9 Å². The van der Waals surface area contributed by atoms with E-state index in [0.29, 0.717) is 17.5 Å². The first-order valence-corrected chi connectivity index (χ1v) is 11.6. The molecule has 0 radical (unpaired) electrons. The maximum Gasteiger partial charge on any atom is 0.232 e. The fraction of sp³-hybridized carbons (Fsp3) is 0.286. The van der Waals surface area contributed by atoms with E-state index in [4.69, 9.17) is 10.7 Å². The number of aryl methyl sites for hydroxylation is 4. The van der Waals surface area contributed by atoms with Crippen molar-refractivity contribution in [2.75, 3.05) is 11.1 Å². The number of thioether (sulfide) groups is 1. The molecule has 3 aromatic heterocycles. The quantitative estimate of drug-likeness (QED) is 0.346. The Hall–Kier alpha value is -2.78. The average Bonchev–Trinajstić information content (AvgIpc) is 3.28. The number of anilines is 3. The van der Waals surface area contributed by atoms with Gasteiger partial charge in [0.15, 0.2) is 0 Å². The number of nitrogens with two attached hydrogens (primary N) is 1. The first-order chi connectivity index (χ1) is 14.5. The Balaban J connectivity index is 1.40. The lowest BCUT2D eigenvalue weighted by Gasteiger charge is -2.08. The lowest BCUT2D eigenvalue weighted by molar-refractivity contribution is 0.914. The largest absolute Gasteiger partial charge is 0.368 e. The molecular formula is C21H21N7S2. The van der Waals surface area contributed by atoms with Gasteiger partial charge in [-0.25, -0.2) is 9.97 Å². The molecule has 3 heterocycles. The smallest absolute Gasteiger partial charge is 0.232 e. The van der Waals surface area contributed by atoms with Crippen LogP contribution in [0.15, 0.2) is 29.3 Å². The van der Waals surface area contributed by atoms with Gasteiger partial charge in [0, 0.05) is 16.0 Å². The highest BCUT2D eigenvalue weighted by atomic mass is 32.2. The third-order valence-electron chi connectivity index (χ3n) is 4.99. The van der Waals surface area contributed by atoms with Crippen LogP contribution in [0.5, 0.6) is 0 Å². The maximum atomic E-state index is 5.94. The van der Waals surface area contributed by atoms with E-state index >= 15 is 0 Å². The summed E-state index contributed by atoms with van der Waals surface area (Å²) in [7, 11) is 0. The zero-order valence-electron chi connectivity index (χ0n) is 16.8. The molecule has 152 valence electrons. The number of rotatable bonds is 5. The van der Waals surface area contributed by atoms with Crippen LogP contribution in [0.2, 0.25) is 0 Å². The summed E-state index contributed by atoms with van der Waals surface area (Å²) in [6.45, 7) is 3.99. The highest BCUT2D eigenvalue weighted by molar-refractivity contribution is 7.98. The monoisotopic (exact) mass is 435 g/mol. The van der Waals surface area contributed by atoms with Crippen LogP contribution in [0, 0.1) is 13.8 Å². The molecule has 4 aromatic rings. The molecule has 1 aliphatic rings. The maximum absolute atomic E-state index is 5.94. The summed E-state index contributed by atoms with van der Waals surface area (Å²) in [5, 5.41) is 5.42. The van der Waals surface area contributed by atoms with Gasteiger partial charge < -0.3 is 11.1 Å². The minimum absolute atomic E-state index is 0.204. The van der Waals surface area contributed by atoms with Crippen LogP contribution in [-0.4, -0.2) is 24.9 Å². The van der Waals surface area contributed by atoms with Crippen molar-refractivity contribution < 1.29 is 0 Å². The Bertz CT molecular complexity index is 1230. The molecule has 0 fully saturated rings. The second-order valence-electron chi connectivity index (χ2n) is 7.33. The predicted octanol–water partition coefficient (Wildman–Crippen LogP) is 4.60. The summed E-state index contributed by atoms with van der Waals surface area (Å²) >= 11 is 3.44. The van der Waals surface area contributed by atoms with E-state index in [1.54, 1.807) is 11.8 Å². The molecule has 0 spiro atoms. The first-order valence-electron chi connectivity index (χ1n) is 9.81. The molecule has 0 saturated carbocycles. The van der Waals surface area contributed by atoms with E-state index in [2.05, 4.69) is 32.2 Å². The van der Waals surface area contributed by atoms with Crippen molar-refractivity contribution in [1.82, 2.24) is 24.9 Å². The molecule has 1 aliphatic carbocycles. The normalized spacial score (nSPS) is 13.0. The Labute approximate surface area is 182 Å². The van der Waals surface area contributed by atoms with E-state index in [9.17, 15) is 0 Å². The van der Waals surface area contributed by atoms with Crippen LogP contribution in [-0.2, 0) is 18.6 Å². The van der Waals surface area contributed by atoms with E-state index < -0.39 is 0 Å². The molecule has 5 rings (SSSR count). The van der Waals surface area contributed by atoms with E-state index in [-0.39, 0.29) is 5.95 Å². The van der Waals surface area contributed by atoms with Crippen LogP contribution in [0.3, 0.4) is 0 Å². The molecule has 0 bridgehead atoms. The van der Waals surface area contributed by atoms with Gasteiger partial charge >= 0.3 is 0 Å². The third kappa shape index (κ3) is 3.82. The van der Waals surface area contributed by atoms with Crippen LogP contribution in [0.25, 0.3) is 10.2 Å². The average molecular weight is 436 g/mol. The molecule has 0 amide bonds. The highest BCUT2D eigenvalue weighted by Gasteiger charge is 2.22. The number of aromatic nitrogens is 5. The van der Waals surface area contributed by atoms with Gasteiger partial charge in [-0.2, -0.15) is 15.0 Å². The number of hydrogen-bond donors (Lipinski definition) is 2. The lowest BCUT2D eigenvalue weighted by atomic mass is 10.2. The Morgan fingerprint density at radius 3 is 2.70 bits per heavy atom. The summed E-state index contributed by atoms with van der Waals surface area (Å²) in [6.07, 6.45) is 3.48. The van der Waals surface area contributed by atoms with Crippen molar-refractivity contribution in [2.24, 2.45) is 0 Å². The van der Waals surface area contributed by atoms with Crippen LogP contribution < -0.4 is 11.1 Å². The molecule has 30 heavy (non-hydrogen) atoms. The number of thiophene rings is 1. The zero-order chi connectivity index (χ0) is 20.7. The highest BCUT2D eigenvalue weighted by Crippen LogP contribution is 2.40. The fourth-order valence-electron chi connectivity index (χ4n) is 3.63. The van der Waals surface area contributed by atoms with Gasteiger partial charge in [0.2, 0.25) is 11.9 Å². The van der Waals surface area contributed by atoms with E-state index in [0.717, 1.165) is 34.2 Å². The number of nitrogen functional groups attached to an aromatic ring is 1. The standard InChI is InChI=1S/C21H21N7S2/c1-11-6-8-13(9-7-11)25-21-27-16(26-20(22)28-21)10-29-18-17-14-4-3-5-15(14)30-19(17)24-12(2)23-18/h6-9H,3-5,10H2,1-2H3,(H3,22,25,26,27,28). The molecule has 0 unspecified atom stereocenters. The Morgan fingerprint density at radius 1 is 1.03 bits per heavy atom. The summed E-state index contributed by atoms with van der Waals surface area (Å²) in [4.78, 5) is 25.0. The Morgan fingerprint density at radius 2 is 1.87 bits per heavy atom. The molecule has 0 aliphatic heterocycles. The number of nitrogens with one attached hydrogen (secondary N) is 1. The minimum atomic E-state index is 0.204. The molecule has 3 N–H and O–H groups in total. The van der Waals surface area contributed by atoms with Crippen LogP contribution >= 0.6 is 23.1 Å². The first kappa shape index (κ1) is 19.2. The molecule has 1 aromatic carbocycles. The van der Waals surface area contributed by atoms with E-state index in [1.165, 1.54) is 27.8 Å². The molecule has 0 atom stereocenters. The Kier molecular flexibility index (Phi) is 5.00. The lowest BCUT2D eigenvalue weighted by Crippen LogP contribution is -2.06. The summed E-state index contributed by atoms with van der Waals surface area (Å²) in [5.74, 6) is 2.63. The second kappa shape index (κ2) is 7.81. The summed E-state index contributed by atoms with van der Waals surface area (Å²) in [5.41, 5.74) is 9.47. The van der Waals surface area contributed by atoms with E-state index in [1.807, 2.05) is 42.5 Å². The number of benzene rings is 1. The molecule has 0 saturated heterocycles. The van der Waals surface area contributed by atoms with Crippen molar-refractivity contribution in [2.45, 2.75) is 43.9 Å². The fourth-order valence-corrected chi connectivity index (χ4v) is 5.95. The predicted molar refractivity (Wildman–Crippen MR) is 122 cm³/mol. The van der Waals surface area contributed by atoms with Crippen molar-refractivity contribution >= 4 is 50.9 Å². The van der Waals surface area contributed by atoms with Gasteiger partial charge in [0.25, 0.3) is 0 Å². The van der Waals surface area contributed by atoms with Gasteiger partial charge in [-0.3, -0.25) is 0 Å². The molecular weight excluding hydrogens is 414 g/mol. The van der Waals surface area contributed by atoms with Gasteiger partial charge in [0.1, 0.15) is 21.5 Å². The van der Waals surface area contributed by atoms with Gasteiger partial charge in [-0.1, -0.05) is 29.5 Å². The molecule has 9 heteroatoms. The summed E-state index contributed by atoms with van der Waals surface area (Å²) < 4.78 is 0. The topological polar surface area (TPSA) is 102 Å². The van der Waals surface area contributed by atoms with Crippen molar-refractivity contribution in [1.29, 1.82) is 0 Å². The zero-order valence-corrected chi connectivity index (χ0v) is 18.4. The number of nitrogens with zero attached hydrogens (tertiary/aromatic N) is 5. The van der Waals surface area contributed by atoms with Gasteiger partial charge in [-0.05, 0) is 50.8 Å². The van der Waals surface area contributed by atoms with Gasteiger partial charge in [-0.15, -0.1) is 11.3 Å². The van der Waals surface area contributed by atoms with Crippen molar-refractivity contribution in [3.63, 3.8) is 0 Å². The van der Waals surface area contributed by atoms with Crippen LogP contribution in [0.1, 0.15) is 34.1 Å². The van der Waals surface area contributed by atoms with Crippen molar-refractivity contribution in [3.8, 4) is 0 Å². The van der Waals surface area contributed by atoms with Crippen LogP contribution in [0.4, 0.5) is 17.6 Å². The SMILES string of the molecule is Cc1ccc(Nc2nc(N)nc(CSc3nc(C)nc4sc5c(c34)CCC5)n2)cc1. The second-order valence-corrected chi connectivity index (χ2v) is 9.37. The van der Waals surface area contributed by atoms with Gasteiger partial charge in [0.05, 0.1) is 5.75 Å². The molecule has 7 nitrogen and oxygen atoms in total. The number of hydrogen-bond acceptors (Lipinski definition) is 9. The minimum Gasteiger partial charge on any atom is -0.368 e. The third-order valence-corrected chi connectivity index (χ3v) is 7.15. The summed E-state index contributed by atoms with van der Waals surface area (Å²) in [6, 6.07) is 8.04. The number of fused-ring (bicyclic) bond motifs is 3.